The molecule has 3 amide bonds. The molecule has 0 saturated carbocycles. The molecular formula is C19H27N3O3. The molecule has 0 spiro atoms. The van der Waals surface area contributed by atoms with Crippen LogP contribution in [0.2, 0.25) is 0 Å². The Balaban J connectivity index is 1.89. The molecule has 0 aromatic heterocycles. The van der Waals surface area contributed by atoms with Gasteiger partial charge in [-0.05, 0) is 37.8 Å². The number of anilines is 1. The standard InChI is InChI=1S/C19H27N3O3/c1-14-8-7-9-15(2)19(14)20-16(23)12-21(3)18(25)13-22-11-6-4-5-10-17(22)24/h7-9H,4-6,10-13H2,1-3H3,(H,20,23). The lowest BCUT2D eigenvalue weighted by molar-refractivity contribution is -0.140. The van der Waals surface area contributed by atoms with Gasteiger partial charge >= 0.3 is 0 Å². The molecule has 0 bridgehead atoms. The first kappa shape index (κ1) is 19.0. The number of aryl methyl sites for hydroxylation is 2. The van der Waals surface area contributed by atoms with Crippen molar-refractivity contribution in [1.29, 1.82) is 0 Å². The lowest BCUT2D eigenvalue weighted by Gasteiger charge is -2.24. The maximum absolute atomic E-state index is 12.3. The van der Waals surface area contributed by atoms with Gasteiger partial charge in [0, 0.05) is 25.7 Å². The summed E-state index contributed by atoms with van der Waals surface area (Å²) >= 11 is 0. The van der Waals surface area contributed by atoms with E-state index in [-0.39, 0.29) is 30.8 Å². The Bertz CT molecular complexity index is 637. The van der Waals surface area contributed by atoms with Gasteiger partial charge in [-0.2, -0.15) is 0 Å². The summed E-state index contributed by atoms with van der Waals surface area (Å²) in [6.45, 7) is 4.50. The Morgan fingerprint density at radius 2 is 1.84 bits per heavy atom. The lowest BCUT2D eigenvalue weighted by Crippen LogP contribution is -2.43. The topological polar surface area (TPSA) is 69.7 Å². The van der Waals surface area contributed by atoms with E-state index in [2.05, 4.69) is 5.32 Å². The van der Waals surface area contributed by atoms with Gasteiger partial charge < -0.3 is 15.1 Å². The van der Waals surface area contributed by atoms with Crippen molar-refractivity contribution in [3.05, 3.63) is 29.3 Å². The van der Waals surface area contributed by atoms with Crippen LogP contribution >= 0.6 is 0 Å². The van der Waals surface area contributed by atoms with Gasteiger partial charge in [-0.15, -0.1) is 0 Å². The number of carbonyl (C=O) groups excluding carboxylic acids is 3. The van der Waals surface area contributed by atoms with E-state index in [1.165, 1.54) is 4.90 Å². The number of para-hydroxylation sites is 1. The SMILES string of the molecule is Cc1cccc(C)c1NC(=O)CN(C)C(=O)CN1CCCCCC1=O. The van der Waals surface area contributed by atoms with Crippen molar-refractivity contribution >= 4 is 23.4 Å². The molecule has 2 rings (SSSR count). The molecule has 1 saturated heterocycles. The van der Waals surface area contributed by atoms with Gasteiger partial charge in [0.25, 0.3) is 0 Å². The summed E-state index contributed by atoms with van der Waals surface area (Å²) in [5.41, 5.74) is 2.76. The highest BCUT2D eigenvalue weighted by Crippen LogP contribution is 2.19. The summed E-state index contributed by atoms with van der Waals surface area (Å²) in [4.78, 5) is 39.6. The predicted octanol–water partition coefficient (Wildman–Crippen LogP) is 2.10. The van der Waals surface area contributed by atoms with E-state index in [1.807, 2.05) is 32.0 Å². The maximum atomic E-state index is 12.3. The molecule has 1 aliphatic heterocycles. The summed E-state index contributed by atoms with van der Waals surface area (Å²) in [5.74, 6) is -0.429. The zero-order valence-corrected chi connectivity index (χ0v) is 15.3. The molecule has 0 unspecified atom stereocenters. The molecule has 0 atom stereocenters. The van der Waals surface area contributed by atoms with E-state index in [4.69, 9.17) is 0 Å². The van der Waals surface area contributed by atoms with Crippen molar-refractivity contribution in [1.82, 2.24) is 9.80 Å². The van der Waals surface area contributed by atoms with Crippen LogP contribution in [0.1, 0.15) is 36.8 Å². The van der Waals surface area contributed by atoms with E-state index >= 15 is 0 Å². The van der Waals surface area contributed by atoms with Crippen LogP contribution in [0.5, 0.6) is 0 Å². The third kappa shape index (κ3) is 5.31. The Hall–Kier alpha value is -2.37. The fourth-order valence-electron chi connectivity index (χ4n) is 2.98. The van der Waals surface area contributed by atoms with Crippen LogP contribution in [0.4, 0.5) is 5.69 Å². The summed E-state index contributed by atoms with van der Waals surface area (Å²) in [6.07, 6.45) is 3.34. The lowest BCUT2D eigenvalue weighted by atomic mass is 10.1. The number of likely N-dealkylation sites (tertiary alicyclic amines) is 1. The van der Waals surface area contributed by atoms with Gasteiger partial charge in [0.1, 0.15) is 0 Å². The molecule has 0 radical (unpaired) electrons. The second-order valence-corrected chi connectivity index (χ2v) is 6.69. The monoisotopic (exact) mass is 345 g/mol. The highest BCUT2D eigenvalue weighted by molar-refractivity contribution is 5.96. The number of carbonyl (C=O) groups is 3. The van der Waals surface area contributed by atoms with E-state index in [1.54, 1.807) is 11.9 Å². The first-order chi connectivity index (χ1) is 11.9. The zero-order valence-electron chi connectivity index (χ0n) is 15.3. The van der Waals surface area contributed by atoms with Crippen LogP contribution in [0.25, 0.3) is 0 Å². The Labute approximate surface area is 149 Å². The molecule has 1 N–H and O–H groups in total. The summed E-state index contributed by atoms with van der Waals surface area (Å²) < 4.78 is 0. The van der Waals surface area contributed by atoms with Gasteiger partial charge in [-0.25, -0.2) is 0 Å². The molecule has 1 heterocycles. The maximum Gasteiger partial charge on any atom is 0.243 e. The average Bonchev–Trinajstić information content (AvgIpc) is 2.76. The average molecular weight is 345 g/mol. The van der Waals surface area contributed by atoms with E-state index in [9.17, 15) is 14.4 Å². The van der Waals surface area contributed by atoms with Crippen molar-refractivity contribution < 1.29 is 14.4 Å². The second-order valence-electron chi connectivity index (χ2n) is 6.69. The van der Waals surface area contributed by atoms with Gasteiger partial charge in [0.05, 0.1) is 13.1 Å². The number of hydrogen-bond acceptors (Lipinski definition) is 3. The molecule has 6 nitrogen and oxygen atoms in total. The summed E-state index contributed by atoms with van der Waals surface area (Å²) in [6, 6.07) is 5.80. The summed E-state index contributed by atoms with van der Waals surface area (Å²) in [5, 5.41) is 2.87. The molecular weight excluding hydrogens is 318 g/mol. The Morgan fingerprint density at radius 3 is 2.52 bits per heavy atom. The van der Waals surface area contributed by atoms with Crippen LogP contribution < -0.4 is 5.32 Å². The normalized spacial score (nSPS) is 14.8. The first-order valence-electron chi connectivity index (χ1n) is 8.76. The quantitative estimate of drug-likeness (QED) is 0.888. The smallest absolute Gasteiger partial charge is 0.243 e. The van der Waals surface area contributed by atoms with Crippen LogP contribution in [0.3, 0.4) is 0 Å². The Morgan fingerprint density at radius 1 is 1.16 bits per heavy atom. The van der Waals surface area contributed by atoms with Gasteiger partial charge in [-0.3, -0.25) is 14.4 Å². The molecule has 25 heavy (non-hydrogen) atoms. The second kappa shape index (κ2) is 8.65. The van der Waals surface area contributed by atoms with Crippen molar-refractivity contribution in [3.8, 4) is 0 Å². The number of benzene rings is 1. The molecule has 136 valence electrons. The molecule has 0 aliphatic carbocycles. The molecule has 1 aromatic carbocycles. The minimum Gasteiger partial charge on any atom is -0.335 e. The van der Waals surface area contributed by atoms with Crippen LogP contribution in [0.15, 0.2) is 18.2 Å². The number of nitrogens with one attached hydrogen (secondary N) is 1. The fraction of sp³-hybridized carbons (Fsp3) is 0.526. The van der Waals surface area contributed by atoms with Gasteiger partial charge in [0.15, 0.2) is 0 Å². The highest BCUT2D eigenvalue weighted by Gasteiger charge is 2.22. The fourth-order valence-corrected chi connectivity index (χ4v) is 2.98. The Kier molecular flexibility index (Phi) is 6.56. The number of likely N-dealkylation sites (N-methyl/N-ethyl adjacent to an activating group) is 1. The molecule has 6 heteroatoms. The van der Waals surface area contributed by atoms with Crippen molar-refractivity contribution in [2.24, 2.45) is 0 Å². The number of rotatable bonds is 5. The summed E-state index contributed by atoms with van der Waals surface area (Å²) in [7, 11) is 1.59. The van der Waals surface area contributed by atoms with Crippen LogP contribution in [-0.2, 0) is 14.4 Å². The van der Waals surface area contributed by atoms with E-state index in [0.717, 1.165) is 36.1 Å². The third-order valence-electron chi connectivity index (χ3n) is 4.55. The number of amides is 3. The van der Waals surface area contributed by atoms with Crippen molar-refractivity contribution in [2.45, 2.75) is 39.5 Å². The molecule has 1 aromatic rings. The third-order valence-corrected chi connectivity index (χ3v) is 4.55. The van der Waals surface area contributed by atoms with Crippen LogP contribution in [0, 0.1) is 13.8 Å². The molecule has 1 aliphatic rings. The van der Waals surface area contributed by atoms with Gasteiger partial charge in [-0.1, -0.05) is 24.6 Å². The predicted molar refractivity (Wildman–Crippen MR) is 97.2 cm³/mol. The van der Waals surface area contributed by atoms with Gasteiger partial charge in [0.2, 0.25) is 17.7 Å². The van der Waals surface area contributed by atoms with E-state index in [0.29, 0.717) is 13.0 Å². The first-order valence-corrected chi connectivity index (χ1v) is 8.76. The minimum atomic E-state index is -0.240. The largest absolute Gasteiger partial charge is 0.335 e. The van der Waals surface area contributed by atoms with Crippen molar-refractivity contribution in [3.63, 3.8) is 0 Å². The van der Waals surface area contributed by atoms with E-state index < -0.39 is 0 Å². The number of nitrogens with zero attached hydrogens (tertiary/aromatic N) is 2. The molecule has 1 fully saturated rings. The minimum absolute atomic E-state index is 0.0271. The zero-order chi connectivity index (χ0) is 18.4. The highest BCUT2D eigenvalue weighted by atomic mass is 16.2. The number of hydrogen-bond donors (Lipinski definition) is 1. The van der Waals surface area contributed by atoms with Crippen LogP contribution in [-0.4, -0.2) is 54.2 Å². The van der Waals surface area contributed by atoms with Crippen molar-refractivity contribution in [2.75, 3.05) is 32.0 Å².